The number of allylic oxidation sites excluding steroid dienone is 1. The number of carbonyl (C=O) groups excluding carboxylic acids is 1. The van der Waals surface area contributed by atoms with Gasteiger partial charge in [0.2, 0.25) is 6.79 Å². The number of phenols is 1. The number of hydrogen-bond donors (Lipinski definition) is 1. The van der Waals surface area contributed by atoms with E-state index in [0.29, 0.717) is 23.9 Å². The number of aromatic hydroxyl groups is 1. The molecule has 0 unspecified atom stereocenters. The molecule has 1 aliphatic rings. The highest BCUT2D eigenvalue weighted by atomic mass is 16.7. The Bertz CT molecular complexity index is 1380. The minimum atomic E-state index is -0.400. The number of ether oxygens (including phenoxy) is 4. The van der Waals surface area contributed by atoms with E-state index in [1.807, 2.05) is 66.7 Å². The van der Waals surface area contributed by atoms with E-state index in [9.17, 15) is 9.90 Å². The minimum absolute atomic E-state index is 0.0648. The molecule has 0 amide bonds. The van der Waals surface area contributed by atoms with Crippen LogP contribution in [0.2, 0.25) is 0 Å². The molecule has 1 aliphatic heterocycles. The smallest absolute Gasteiger partial charge is 0.231 e. The van der Waals surface area contributed by atoms with Gasteiger partial charge in [0.1, 0.15) is 36.0 Å². The number of hydrogen-bond acceptors (Lipinski definition) is 6. The van der Waals surface area contributed by atoms with Crippen LogP contribution < -0.4 is 18.9 Å². The first-order chi connectivity index (χ1) is 17.7. The van der Waals surface area contributed by atoms with Gasteiger partial charge in [-0.1, -0.05) is 72.8 Å². The van der Waals surface area contributed by atoms with Crippen molar-refractivity contribution in [2.24, 2.45) is 0 Å². The third kappa shape index (κ3) is 5.50. The van der Waals surface area contributed by atoms with E-state index in [4.69, 9.17) is 18.9 Å². The van der Waals surface area contributed by atoms with Crippen LogP contribution in [0.1, 0.15) is 27.0 Å². The summed E-state index contributed by atoms with van der Waals surface area (Å²) >= 11 is 0. The third-order valence-electron chi connectivity index (χ3n) is 5.61. The number of ketones is 1. The van der Waals surface area contributed by atoms with E-state index in [1.165, 1.54) is 12.1 Å². The van der Waals surface area contributed by atoms with E-state index in [2.05, 4.69) is 0 Å². The van der Waals surface area contributed by atoms with Crippen molar-refractivity contribution in [1.82, 2.24) is 0 Å². The Balaban J connectivity index is 1.40. The van der Waals surface area contributed by atoms with Crippen LogP contribution in [0.5, 0.6) is 28.7 Å². The predicted octanol–water partition coefficient (Wildman–Crippen LogP) is 6.18. The largest absolute Gasteiger partial charge is 0.507 e. The molecule has 4 aromatic rings. The zero-order valence-electron chi connectivity index (χ0n) is 19.4. The van der Waals surface area contributed by atoms with Crippen LogP contribution in [0.3, 0.4) is 0 Å². The second-order valence-electron chi connectivity index (χ2n) is 8.17. The zero-order valence-corrected chi connectivity index (χ0v) is 19.4. The number of rotatable bonds is 9. The maximum atomic E-state index is 13.2. The van der Waals surface area contributed by atoms with Crippen molar-refractivity contribution in [3.8, 4) is 28.7 Å². The van der Waals surface area contributed by atoms with Gasteiger partial charge in [-0.25, -0.2) is 0 Å². The van der Waals surface area contributed by atoms with Crippen molar-refractivity contribution in [2.75, 3.05) is 6.79 Å². The fourth-order valence-corrected chi connectivity index (χ4v) is 3.77. The summed E-state index contributed by atoms with van der Waals surface area (Å²) in [6, 6.07) is 27.8. The summed E-state index contributed by atoms with van der Waals surface area (Å²) in [7, 11) is 0. The summed E-state index contributed by atoms with van der Waals surface area (Å²) in [5.41, 5.74) is 2.74. The van der Waals surface area contributed by atoms with Gasteiger partial charge in [-0.2, -0.15) is 0 Å². The van der Waals surface area contributed by atoms with Crippen LogP contribution in [0.25, 0.3) is 6.08 Å². The van der Waals surface area contributed by atoms with Gasteiger partial charge < -0.3 is 24.1 Å². The fraction of sp³-hybridized carbons (Fsp3) is 0.100. The second-order valence-corrected chi connectivity index (χ2v) is 8.17. The quantitative estimate of drug-likeness (QED) is 0.228. The highest BCUT2D eigenvalue weighted by Crippen LogP contribution is 2.36. The lowest BCUT2D eigenvalue weighted by Crippen LogP contribution is -2.04. The normalized spacial score (nSPS) is 12.0. The summed E-state index contributed by atoms with van der Waals surface area (Å²) in [5.74, 6) is 1.31. The van der Waals surface area contributed by atoms with Crippen molar-refractivity contribution in [3.63, 3.8) is 0 Å². The number of fused-ring (bicyclic) bond motifs is 1. The van der Waals surface area contributed by atoms with Crippen molar-refractivity contribution in [3.05, 3.63) is 119 Å². The van der Waals surface area contributed by atoms with E-state index in [-0.39, 0.29) is 30.5 Å². The molecular formula is C30H24O6. The summed E-state index contributed by atoms with van der Waals surface area (Å²) in [6.07, 6.45) is 3.05. The van der Waals surface area contributed by atoms with Gasteiger partial charge in [-0.15, -0.1) is 0 Å². The van der Waals surface area contributed by atoms with Crippen LogP contribution in [-0.4, -0.2) is 17.7 Å². The first kappa shape index (κ1) is 23.1. The Kier molecular flexibility index (Phi) is 6.85. The zero-order chi connectivity index (χ0) is 24.7. The molecule has 6 heteroatoms. The van der Waals surface area contributed by atoms with Crippen molar-refractivity contribution in [1.29, 1.82) is 0 Å². The molecule has 0 saturated heterocycles. The summed E-state index contributed by atoms with van der Waals surface area (Å²) in [6.45, 7) is 0.723. The van der Waals surface area contributed by atoms with Crippen molar-refractivity contribution < 1.29 is 28.8 Å². The Morgan fingerprint density at radius 1 is 0.806 bits per heavy atom. The Morgan fingerprint density at radius 2 is 1.47 bits per heavy atom. The average Bonchev–Trinajstić information content (AvgIpc) is 3.38. The molecule has 1 heterocycles. The molecule has 180 valence electrons. The van der Waals surface area contributed by atoms with E-state index < -0.39 is 5.78 Å². The third-order valence-corrected chi connectivity index (χ3v) is 5.61. The monoisotopic (exact) mass is 480 g/mol. The lowest BCUT2D eigenvalue weighted by Gasteiger charge is -2.14. The standard InChI is InChI=1S/C30H24O6/c31-25(13-11-21-12-14-27-28(15-21)36-20-35-27)30-26(32)16-24(33-18-22-7-3-1-4-8-22)17-29(30)34-19-23-9-5-2-6-10-23/h1-17,32H,18-20H2/b13-11+. The molecule has 0 aliphatic carbocycles. The first-order valence-corrected chi connectivity index (χ1v) is 11.5. The lowest BCUT2D eigenvalue weighted by atomic mass is 10.1. The van der Waals surface area contributed by atoms with Gasteiger partial charge in [0, 0.05) is 12.1 Å². The SMILES string of the molecule is O=C(/C=C/c1ccc2c(c1)OCO2)c1c(O)cc(OCc2ccccc2)cc1OCc1ccccc1. The molecule has 4 aromatic carbocycles. The second kappa shape index (κ2) is 10.7. The fourth-order valence-electron chi connectivity index (χ4n) is 3.77. The maximum Gasteiger partial charge on any atom is 0.231 e. The van der Waals surface area contributed by atoms with Crippen LogP contribution in [-0.2, 0) is 13.2 Å². The molecule has 36 heavy (non-hydrogen) atoms. The molecule has 1 N–H and O–H groups in total. The molecule has 0 bridgehead atoms. The van der Waals surface area contributed by atoms with Crippen LogP contribution in [0.4, 0.5) is 0 Å². The lowest BCUT2D eigenvalue weighted by molar-refractivity contribution is 0.104. The summed E-state index contributed by atoms with van der Waals surface area (Å²) < 4.78 is 22.6. The highest BCUT2D eigenvalue weighted by Gasteiger charge is 2.19. The predicted molar refractivity (Wildman–Crippen MR) is 136 cm³/mol. The number of carbonyl (C=O) groups is 1. The van der Waals surface area contributed by atoms with E-state index >= 15 is 0 Å². The molecule has 0 atom stereocenters. The van der Waals surface area contributed by atoms with Gasteiger partial charge in [-0.3, -0.25) is 4.79 Å². The van der Waals surface area contributed by atoms with Crippen LogP contribution in [0, 0.1) is 0 Å². The molecule has 0 radical (unpaired) electrons. The molecule has 0 aromatic heterocycles. The Morgan fingerprint density at radius 3 is 2.19 bits per heavy atom. The van der Waals surface area contributed by atoms with Crippen LogP contribution >= 0.6 is 0 Å². The Labute approximate surface area is 209 Å². The Hall–Kier alpha value is -4.71. The first-order valence-electron chi connectivity index (χ1n) is 11.5. The minimum Gasteiger partial charge on any atom is -0.507 e. The van der Waals surface area contributed by atoms with Gasteiger partial charge in [0.05, 0.1) is 0 Å². The topological polar surface area (TPSA) is 74.2 Å². The van der Waals surface area contributed by atoms with E-state index in [1.54, 1.807) is 24.3 Å². The van der Waals surface area contributed by atoms with Gasteiger partial charge >= 0.3 is 0 Å². The van der Waals surface area contributed by atoms with Gasteiger partial charge in [0.25, 0.3) is 0 Å². The number of phenolic OH excluding ortho intramolecular Hbond substituents is 1. The van der Waals surface area contributed by atoms with E-state index in [0.717, 1.165) is 16.7 Å². The maximum absolute atomic E-state index is 13.2. The molecule has 5 rings (SSSR count). The average molecular weight is 481 g/mol. The molecule has 0 fully saturated rings. The van der Waals surface area contributed by atoms with Gasteiger partial charge in [-0.05, 0) is 34.9 Å². The molecule has 0 saturated carbocycles. The molecule has 6 nitrogen and oxygen atoms in total. The summed E-state index contributed by atoms with van der Waals surface area (Å²) in [5, 5.41) is 10.8. The van der Waals surface area contributed by atoms with Crippen LogP contribution in [0.15, 0.2) is 97.1 Å². The van der Waals surface area contributed by atoms with Crippen molar-refractivity contribution in [2.45, 2.75) is 13.2 Å². The molecule has 0 spiro atoms. The molecular weight excluding hydrogens is 456 g/mol. The highest BCUT2D eigenvalue weighted by molar-refractivity contribution is 6.10. The van der Waals surface area contributed by atoms with Gasteiger partial charge in [0.15, 0.2) is 17.3 Å². The van der Waals surface area contributed by atoms with Crippen molar-refractivity contribution >= 4 is 11.9 Å². The number of benzene rings is 4. The summed E-state index contributed by atoms with van der Waals surface area (Å²) in [4.78, 5) is 13.2.